The van der Waals surface area contributed by atoms with Gasteiger partial charge in [0.05, 0.1) is 6.20 Å². The fourth-order valence-electron chi connectivity index (χ4n) is 2.16. The number of H-pyrrole nitrogens is 1. The van der Waals surface area contributed by atoms with Crippen LogP contribution in [0, 0.1) is 5.92 Å². The molecule has 0 bridgehead atoms. The summed E-state index contributed by atoms with van der Waals surface area (Å²) in [4.78, 5) is 27.1. The zero-order valence-electron chi connectivity index (χ0n) is 10.6. The van der Waals surface area contributed by atoms with Crippen LogP contribution in [0.4, 0.5) is 0 Å². The molecule has 0 aromatic carbocycles. The molecule has 0 unspecified atom stereocenters. The van der Waals surface area contributed by atoms with Crippen molar-refractivity contribution < 1.29 is 9.59 Å². The molecule has 0 saturated carbocycles. The molecule has 1 aliphatic heterocycles. The lowest BCUT2D eigenvalue weighted by Crippen LogP contribution is -2.42. The molecule has 1 N–H and O–H groups in total. The maximum atomic E-state index is 12.0. The van der Waals surface area contributed by atoms with Crippen LogP contribution >= 0.6 is 0 Å². The normalized spacial score (nSPS) is 16.7. The van der Waals surface area contributed by atoms with E-state index in [-0.39, 0.29) is 17.7 Å². The smallest absolute Gasteiger partial charge is 0.276 e. The van der Waals surface area contributed by atoms with E-state index in [4.69, 9.17) is 0 Å². The molecule has 1 saturated heterocycles. The first-order valence-electron chi connectivity index (χ1n) is 5.96. The molecule has 1 fully saturated rings. The van der Waals surface area contributed by atoms with Crippen molar-refractivity contribution in [3.8, 4) is 0 Å². The van der Waals surface area contributed by atoms with Crippen LogP contribution in [0.15, 0.2) is 6.20 Å². The Morgan fingerprint density at radius 1 is 1.39 bits per heavy atom. The van der Waals surface area contributed by atoms with Gasteiger partial charge < -0.3 is 9.80 Å². The number of nitrogens with zero attached hydrogens (tertiary/aromatic N) is 4. The lowest BCUT2D eigenvalue weighted by Gasteiger charge is -2.31. The number of amides is 2. The van der Waals surface area contributed by atoms with Crippen LogP contribution in [0.5, 0.6) is 0 Å². The molecule has 18 heavy (non-hydrogen) atoms. The number of carbonyl (C=O) groups excluding carboxylic acids is 2. The number of carbonyl (C=O) groups is 2. The van der Waals surface area contributed by atoms with Crippen LogP contribution in [0.1, 0.15) is 23.3 Å². The van der Waals surface area contributed by atoms with Crippen molar-refractivity contribution in [2.45, 2.75) is 12.8 Å². The summed E-state index contributed by atoms with van der Waals surface area (Å²) in [6, 6.07) is 0. The third-order valence-corrected chi connectivity index (χ3v) is 3.21. The highest BCUT2D eigenvalue weighted by atomic mass is 16.2. The minimum atomic E-state index is -0.125. The van der Waals surface area contributed by atoms with Crippen molar-refractivity contribution in [2.24, 2.45) is 5.92 Å². The second-order valence-electron chi connectivity index (χ2n) is 4.65. The molecule has 1 aromatic rings. The Kier molecular flexibility index (Phi) is 3.59. The number of hydrogen-bond donors (Lipinski definition) is 1. The van der Waals surface area contributed by atoms with Gasteiger partial charge in [0.25, 0.3) is 5.91 Å². The van der Waals surface area contributed by atoms with E-state index in [9.17, 15) is 9.59 Å². The predicted molar refractivity (Wildman–Crippen MR) is 63.7 cm³/mol. The molecule has 7 nitrogen and oxygen atoms in total. The Morgan fingerprint density at radius 2 is 2.06 bits per heavy atom. The quantitative estimate of drug-likeness (QED) is 0.785. The average molecular weight is 251 g/mol. The van der Waals surface area contributed by atoms with Crippen molar-refractivity contribution in [2.75, 3.05) is 27.2 Å². The lowest BCUT2D eigenvalue weighted by atomic mass is 9.95. The second kappa shape index (κ2) is 5.16. The van der Waals surface area contributed by atoms with Crippen molar-refractivity contribution in [1.29, 1.82) is 0 Å². The highest BCUT2D eigenvalue weighted by molar-refractivity contribution is 5.92. The summed E-state index contributed by atoms with van der Waals surface area (Å²) in [6.45, 7) is 1.19. The number of nitrogens with one attached hydrogen (secondary N) is 1. The molecular formula is C11H17N5O2. The molecular weight excluding hydrogens is 234 g/mol. The fourth-order valence-corrected chi connectivity index (χ4v) is 2.16. The largest absolute Gasteiger partial charge is 0.349 e. The second-order valence-corrected chi connectivity index (χ2v) is 4.65. The summed E-state index contributed by atoms with van der Waals surface area (Å²) in [7, 11) is 3.52. The predicted octanol–water partition coefficient (Wildman–Crippen LogP) is -0.255. The average Bonchev–Trinajstić information content (AvgIpc) is 2.91. The van der Waals surface area contributed by atoms with E-state index in [0.717, 1.165) is 0 Å². The SMILES string of the molecule is CN(C)C(=O)C1CCN(C(=O)c2cn[nH]n2)CC1. The maximum Gasteiger partial charge on any atom is 0.276 e. The zero-order valence-corrected chi connectivity index (χ0v) is 10.6. The van der Waals surface area contributed by atoms with E-state index in [1.807, 2.05) is 0 Å². The van der Waals surface area contributed by atoms with Gasteiger partial charge in [-0.15, -0.1) is 0 Å². The number of aromatic nitrogens is 3. The Balaban J connectivity index is 1.91. The summed E-state index contributed by atoms with van der Waals surface area (Å²) in [5.74, 6) is 0.0457. The molecule has 1 aromatic heterocycles. The van der Waals surface area contributed by atoms with Crippen LogP contribution in [-0.2, 0) is 4.79 Å². The fraction of sp³-hybridized carbons (Fsp3) is 0.636. The molecule has 2 rings (SSSR count). The van der Waals surface area contributed by atoms with Gasteiger partial charge in [-0.1, -0.05) is 0 Å². The molecule has 2 heterocycles. The van der Waals surface area contributed by atoms with Crippen LogP contribution < -0.4 is 0 Å². The van der Waals surface area contributed by atoms with Gasteiger partial charge in [-0.25, -0.2) is 0 Å². The lowest BCUT2D eigenvalue weighted by molar-refractivity contribution is -0.134. The molecule has 7 heteroatoms. The number of aromatic amines is 1. The van der Waals surface area contributed by atoms with Crippen molar-refractivity contribution >= 4 is 11.8 Å². The molecule has 1 aliphatic rings. The molecule has 0 radical (unpaired) electrons. The van der Waals surface area contributed by atoms with Gasteiger partial charge >= 0.3 is 0 Å². The first-order valence-corrected chi connectivity index (χ1v) is 5.96. The maximum absolute atomic E-state index is 12.0. The minimum Gasteiger partial charge on any atom is -0.349 e. The van der Waals surface area contributed by atoms with E-state index in [1.54, 1.807) is 23.9 Å². The van der Waals surface area contributed by atoms with E-state index in [1.165, 1.54) is 6.20 Å². The van der Waals surface area contributed by atoms with Gasteiger partial charge in [0.2, 0.25) is 5.91 Å². The minimum absolute atomic E-state index is 0.0290. The summed E-state index contributed by atoms with van der Waals surface area (Å²) in [5, 5.41) is 9.81. The van der Waals surface area contributed by atoms with Gasteiger partial charge in [-0.05, 0) is 12.8 Å². The summed E-state index contributed by atoms with van der Waals surface area (Å²) in [6.07, 6.45) is 2.83. The zero-order chi connectivity index (χ0) is 13.1. The summed E-state index contributed by atoms with van der Waals surface area (Å²) < 4.78 is 0. The Labute approximate surface area is 105 Å². The Bertz CT molecular complexity index is 421. The van der Waals surface area contributed by atoms with Crippen molar-refractivity contribution in [3.63, 3.8) is 0 Å². The van der Waals surface area contributed by atoms with Crippen LogP contribution in [0.2, 0.25) is 0 Å². The highest BCUT2D eigenvalue weighted by Crippen LogP contribution is 2.19. The molecule has 0 atom stereocenters. The standard InChI is InChI=1S/C11H17N5O2/c1-15(2)10(17)8-3-5-16(6-4-8)11(18)9-7-12-14-13-9/h7-8H,3-6H2,1-2H3,(H,12,13,14). The van der Waals surface area contributed by atoms with Crippen LogP contribution in [0.3, 0.4) is 0 Å². The highest BCUT2D eigenvalue weighted by Gasteiger charge is 2.29. The summed E-state index contributed by atoms with van der Waals surface area (Å²) in [5.41, 5.74) is 0.326. The van der Waals surface area contributed by atoms with E-state index in [0.29, 0.717) is 31.6 Å². The van der Waals surface area contributed by atoms with Gasteiger partial charge in [0.15, 0.2) is 5.69 Å². The van der Waals surface area contributed by atoms with E-state index < -0.39 is 0 Å². The van der Waals surface area contributed by atoms with E-state index in [2.05, 4.69) is 15.4 Å². The molecule has 0 aliphatic carbocycles. The van der Waals surface area contributed by atoms with Crippen LogP contribution in [0.25, 0.3) is 0 Å². The number of hydrogen-bond acceptors (Lipinski definition) is 4. The van der Waals surface area contributed by atoms with Gasteiger partial charge in [-0.2, -0.15) is 15.4 Å². The van der Waals surface area contributed by atoms with E-state index >= 15 is 0 Å². The molecule has 0 spiro atoms. The third kappa shape index (κ3) is 2.49. The first kappa shape index (κ1) is 12.5. The summed E-state index contributed by atoms with van der Waals surface area (Å²) >= 11 is 0. The van der Waals surface area contributed by atoms with Crippen molar-refractivity contribution in [1.82, 2.24) is 25.2 Å². The van der Waals surface area contributed by atoms with Crippen molar-refractivity contribution in [3.05, 3.63) is 11.9 Å². The molecule has 98 valence electrons. The monoisotopic (exact) mass is 251 g/mol. The third-order valence-electron chi connectivity index (χ3n) is 3.21. The first-order chi connectivity index (χ1) is 8.59. The number of rotatable bonds is 2. The van der Waals surface area contributed by atoms with Gasteiger partial charge in [0.1, 0.15) is 0 Å². The Hall–Kier alpha value is -1.92. The Morgan fingerprint density at radius 3 is 2.56 bits per heavy atom. The number of likely N-dealkylation sites (tertiary alicyclic amines) is 1. The molecule has 2 amide bonds. The topological polar surface area (TPSA) is 82.2 Å². The number of piperidine rings is 1. The van der Waals surface area contributed by atoms with Crippen LogP contribution in [-0.4, -0.2) is 64.2 Å². The van der Waals surface area contributed by atoms with Gasteiger partial charge in [-0.3, -0.25) is 9.59 Å². The van der Waals surface area contributed by atoms with Gasteiger partial charge in [0, 0.05) is 33.1 Å².